The predicted octanol–water partition coefficient (Wildman–Crippen LogP) is 16.9. The molecule has 15 aromatic rings. The molecule has 69 heavy (non-hydrogen) atoms. The summed E-state index contributed by atoms with van der Waals surface area (Å²) in [5, 5.41) is 14.6. The summed E-state index contributed by atoms with van der Waals surface area (Å²) in [7, 11) is 0. The molecule has 15 rings (SSSR count). The summed E-state index contributed by atoms with van der Waals surface area (Å²) in [6, 6.07) is 81.0. The molecule has 0 aliphatic heterocycles. The molecule has 0 spiro atoms. The lowest BCUT2D eigenvalue weighted by Gasteiger charge is -2.17. The van der Waals surface area contributed by atoms with Crippen LogP contribution in [0.4, 0.5) is 0 Å². The van der Waals surface area contributed by atoms with Crippen LogP contribution in [0.25, 0.3) is 142 Å². The number of fused-ring (bicyclic) bond motifs is 16. The van der Waals surface area contributed by atoms with E-state index < -0.39 is 0 Å². The van der Waals surface area contributed by atoms with Crippen LogP contribution >= 0.6 is 11.3 Å². The third kappa shape index (κ3) is 5.67. The largest absolute Gasteiger partial charge is 0.307 e. The summed E-state index contributed by atoms with van der Waals surface area (Å²) in [5.41, 5.74) is 9.53. The maximum atomic E-state index is 5.47. The van der Waals surface area contributed by atoms with Crippen molar-refractivity contribution >= 4 is 107 Å². The molecule has 0 saturated heterocycles. The van der Waals surface area contributed by atoms with Gasteiger partial charge in [0, 0.05) is 58.4 Å². The number of aromatic nitrogens is 5. The molecular formula is C63H37N5S. The Morgan fingerprint density at radius 1 is 0.290 bits per heavy atom. The minimum atomic E-state index is 0.563. The van der Waals surface area contributed by atoms with Crippen LogP contribution < -0.4 is 0 Å². The Kier molecular flexibility index (Phi) is 8.17. The zero-order valence-corrected chi connectivity index (χ0v) is 37.8. The number of rotatable bonds is 5. The van der Waals surface area contributed by atoms with Crippen molar-refractivity contribution in [2.45, 2.75) is 0 Å². The number of benzene rings is 11. The molecule has 0 atom stereocenters. The van der Waals surface area contributed by atoms with E-state index in [1.54, 1.807) is 11.3 Å². The fourth-order valence-electron chi connectivity index (χ4n) is 11.1. The van der Waals surface area contributed by atoms with Gasteiger partial charge in [-0.25, -0.2) is 4.98 Å². The Hall–Kier alpha value is -8.97. The third-order valence-electron chi connectivity index (χ3n) is 14.2. The monoisotopic (exact) mass is 895 g/mol. The standard InChI is InChI=1S/C63H37N5S/c1-2-16-38(17-3-1)61-64-62(40-31-33-50-49-25-11-15-29-57(49)69-58(50)37-40)66-63(65-61)68-56-28-14-10-24-48(56)52-35-34-51-47-23-9-13-27-55(47)67(59(51)60(52)68)54-26-12-8-18-41(54)39-30-32-46-44-21-5-4-19-42(44)43-20-6-7-22-45(43)53(46)36-39/h1-37H. The van der Waals surface area contributed by atoms with Crippen LogP contribution in [0.1, 0.15) is 0 Å². The van der Waals surface area contributed by atoms with E-state index in [1.165, 1.54) is 57.9 Å². The van der Waals surface area contributed by atoms with Gasteiger partial charge >= 0.3 is 0 Å². The van der Waals surface area contributed by atoms with Crippen LogP contribution in [0.2, 0.25) is 0 Å². The van der Waals surface area contributed by atoms with E-state index in [1.807, 2.05) is 18.2 Å². The second kappa shape index (κ2) is 14.8. The zero-order valence-electron chi connectivity index (χ0n) is 37.0. The Labute approximate surface area is 399 Å². The highest BCUT2D eigenvalue weighted by Crippen LogP contribution is 2.45. The molecule has 6 heteroatoms. The van der Waals surface area contributed by atoms with Crippen molar-refractivity contribution in [3.63, 3.8) is 0 Å². The van der Waals surface area contributed by atoms with Gasteiger partial charge in [0.25, 0.3) is 0 Å². The third-order valence-corrected chi connectivity index (χ3v) is 15.3. The summed E-state index contributed by atoms with van der Waals surface area (Å²) >= 11 is 1.80. The number of hydrogen-bond acceptors (Lipinski definition) is 4. The molecule has 11 aromatic carbocycles. The minimum absolute atomic E-state index is 0.563. The quantitative estimate of drug-likeness (QED) is 0.162. The maximum Gasteiger partial charge on any atom is 0.238 e. The summed E-state index contributed by atoms with van der Waals surface area (Å²) in [4.78, 5) is 16.1. The molecule has 0 radical (unpaired) electrons. The van der Waals surface area contributed by atoms with Crippen LogP contribution in [0, 0.1) is 0 Å². The van der Waals surface area contributed by atoms with Crippen molar-refractivity contribution in [1.29, 1.82) is 0 Å². The average Bonchev–Trinajstić information content (AvgIpc) is 4.08. The molecular weight excluding hydrogens is 859 g/mol. The molecule has 5 nitrogen and oxygen atoms in total. The second-order valence-electron chi connectivity index (χ2n) is 17.9. The highest BCUT2D eigenvalue weighted by atomic mass is 32.1. The van der Waals surface area contributed by atoms with Crippen molar-refractivity contribution in [2.75, 3.05) is 0 Å². The van der Waals surface area contributed by atoms with Crippen LogP contribution in [-0.4, -0.2) is 24.1 Å². The molecule has 0 fully saturated rings. The van der Waals surface area contributed by atoms with Gasteiger partial charge < -0.3 is 4.57 Å². The summed E-state index contributed by atoms with van der Waals surface area (Å²) in [5.74, 6) is 1.80. The van der Waals surface area contributed by atoms with Gasteiger partial charge in [-0.05, 0) is 74.3 Å². The number of thiophene rings is 1. The first kappa shape index (κ1) is 38.2. The summed E-state index contributed by atoms with van der Waals surface area (Å²) < 4.78 is 7.23. The van der Waals surface area contributed by atoms with E-state index in [-0.39, 0.29) is 0 Å². The highest BCUT2D eigenvalue weighted by molar-refractivity contribution is 7.25. The van der Waals surface area contributed by atoms with Gasteiger partial charge in [-0.3, -0.25) is 4.57 Å². The van der Waals surface area contributed by atoms with Crippen molar-refractivity contribution in [3.05, 3.63) is 224 Å². The maximum absolute atomic E-state index is 5.47. The fraction of sp³-hybridized carbons (Fsp3) is 0. The Balaban J connectivity index is 1.03. The molecule has 0 bridgehead atoms. The van der Waals surface area contributed by atoms with Crippen molar-refractivity contribution < 1.29 is 0 Å². The smallest absolute Gasteiger partial charge is 0.238 e. The molecule has 4 heterocycles. The predicted molar refractivity (Wildman–Crippen MR) is 290 cm³/mol. The summed E-state index contributed by atoms with van der Waals surface area (Å²) in [6.07, 6.45) is 0. The number of para-hydroxylation sites is 3. The van der Waals surface area contributed by atoms with Crippen LogP contribution in [0.3, 0.4) is 0 Å². The van der Waals surface area contributed by atoms with Gasteiger partial charge in [-0.2, -0.15) is 9.97 Å². The molecule has 0 amide bonds. The number of nitrogens with zero attached hydrogens (tertiary/aromatic N) is 5. The molecule has 0 aliphatic carbocycles. The van der Waals surface area contributed by atoms with Gasteiger partial charge in [-0.1, -0.05) is 188 Å². The van der Waals surface area contributed by atoms with E-state index in [9.17, 15) is 0 Å². The van der Waals surface area contributed by atoms with Gasteiger partial charge in [0.1, 0.15) is 0 Å². The summed E-state index contributed by atoms with van der Waals surface area (Å²) in [6.45, 7) is 0. The normalized spacial score (nSPS) is 12.1. The van der Waals surface area contributed by atoms with E-state index >= 15 is 0 Å². The molecule has 0 aliphatic rings. The van der Waals surface area contributed by atoms with Crippen LogP contribution in [0.15, 0.2) is 224 Å². The highest BCUT2D eigenvalue weighted by Gasteiger charge is 2.25. The second-order valence-corrected chi connectivity index (χ2v) is 19.0. The molecule has 0 saturated carbocycles. The Morgan fingerprint density at radius 2 is 0.768 bits per heavy atom. The molecule has 0 unspecified atom stereocenters. The molecule has 4 aromatic heterocycles. The first-order valence-corrected chi connectivity index (χ1v) is 24.2. The zero-order chi connectivity index (χ0) is 45.2. The van der Waals surface area contributed by atoms with E-state index in [2.05, 4.69) is 215 Å². The van der Waals surface area contributed by atoms with Gasteiger partial charge in [0.2, 0.25) is 5.95 Å². The number of hydrogen-bond donors (Lipinski definition) is 0. The average molecular weight is 896 g/mol. The lowest BCUT2D eigenvalue weighted by molar-refractivity contribution is 0.953. The first-order valence-electron chi connectivity index (χ1n) is 23.4. The van der Waals surface area contributed by atoms with Gasteiger partial charge in [-0.15, -0.1) is 11.3 Å². The molecule has 0 N–H and O–H groups in total. The SMILES string of the molecule is c1ccc(-c2nc(-c3ccc4c(c3)sc3ccccc34)nc(-n3c4ccccc4c4ccc5c6ccccc6n(-c6ccccc6-c6ccc7c8ccccc8c8ccccc8c7c6)c5c43)n2)cc1. The van der Waals surface area contributed by atoms with Crippen molar-refractivity contribution in [2.24, 2.45) is 0 Å². The Morgan fingerprint density at radius 3 is 1.48 bits per heavy atom. The van der Waals surface area contributed by atoms with E-state index in [4.69, 9.17) is 15.0 Å². The van der Waals surface area contributed by atoms with Crippen molar-refractivity contribution in [3.8, 4) is 45.5 Å². The van der Waals surface area contributed by atoms with Crippen LogP contribution in [-0.2, 0) is 0 Å². The topological polar surface area (TPSA) is 48.5 Å². The lowest BCUT2D eigenvalue weighted by atomic mass is 9.92. The fourth-order valence-corrected chi connectivity index (χ4v) is 12.3. The van der Waals surface area contributed by atoms with E-state index in [0.717, 1.165) is 66.2 Å². The minimum Gasteiger partial charge on any atom is -0.307 e. The van der Waals surface area contributed by atoms with Crippen LogP contribution in [0.5, 0.6) is 0 Å². The Bertz CT molecular complexity index is 4580. The van der Waals surface area contributed by atoms with E-state index in [0.29, 0.717) is 17.6 Å². The van der Waals surface area contributed by atoms with Gasteiger partial charge in [0.15, 0.2) is 11.6 Å². The molecule has 320 valence electrons. The van der Waals surface area contributed by atoms with Crippen molar-refractivity contribution in [1.82, 2.24) is 24.1 Å². The lowest BCUT2D eigenvalue weighted by Crippen LogP contribution is -2.07. The van der Waals surface area contributed by atoms with Gasteiger partial charge in [0.05, 0.1) is 27.8 Å². The first-order chi connectivity index (χ1) is 34.2.